The van der Waals surface area contributed by atoms with E-state index in [9.17, 15) is 4.79 Å². The number of carbonyl (C=O) groups is 1. The minimum Gasteiger partial charge on any atom is -0.341 e. The van der Waals surface area contributed by atoms with E-state index in [1.54, 1.807) is 0 Å². The van der Waals surface area contributed by atoms with E-state index in [1.165, 1.54) is 25.9 Å². The van der Waals surface area contributed by atoms with Gasteiger partial charge in [-0.05, 0) is 38.1 Å². The van der Waals surface area contributed by atoms with Crippen molar-refractivity contribution in [3.63, 3.8) is 0 Å². The van der Waals surface area contributed by atoms with Crippen LogP contribution in [-0.2, 0) is 4.79 Å². The molecule has 0 spiro atoms. The fraction of sp³-hybridized carbons (Fsp3) is 0.923. The molecule has 92 valence electrons. The van der Waals surface area contributed by atoms with Crippen molar-refractivity contribution in [2.24, 2.45) is 5.92 Å². The molecule has 0 unspecified atom stereocenters. The van der Waals surface area contributed by atoms with Crippen molar-refractivity contribution in [3.05, 3.63) is 0 Å². The van der Waals surface area contributed by atoms with E-state index < -0.39 is 0 Å². The molecule has 2 rings (SSSR count). The van der Waals surface area contributed by atoms with Crippen LogP contribution >= 0.6 is 0 Å². The quantitative estimate of drug-likeness (QED) is 0.726. The van der Waals surface area contributed by atoms with E-state index in [0.717, 1.165) is 44.8 Å². The van der Waals surface area contributed by atoms with Crippen molar-refractivity contribution < 1.29 is 4.79 Å². The number of carbonyl (C=O) groups excluding carboxylic acids is 1. The highest BCUT2D eigenvalue weighted by Gasteiger charge is 2.26. The Morgan fingerprint density at radius 1 is 1.19 bits per heavy atom. The maximum Gasteiger partial charge on any atom is 0.222 e. The first-order valence-corrected chi connectivity index (χ1v) is 6.79. The lowest BCUT2D eigenvalue weighted by molar-refractivity contribution is -0.131. The van der Waals surface area contributed by atoms with Gasteiger partial charge in [-0.25, -0.2) is 0 Å². The highest BCUT2D eigenvalue weighted by atomic mass is 16.2. The Morgan fingerprint density at radius 2 is 2.00 bits per heavy atom. The summed E-state index contributed by atoms with van der Waals surface area (Å²) in [5.41, 5.74) is 0. The second-order valence-corrected chi connectivity index (χ2v) is 5.23. The van der Waals surface area contributed by atoms with Crippen LogP contribution in [0.1, 0.15) is 39.0 Å². The summed E-state index contributed by atoms with van der Waals surface area (Å²) >= 11 is 0. The SMILES string of the molecule is CCCC(=O)N1CCCN(CC2CC2)CC1. The molecule has 0 aromatic carbocycles. The molecule has 3 nitrogen and oxygen atoms in total. The molecule has 2 fully saturated rings. The second-order valence-electron chi connectivity index (χ2n) is 5.23. The van der Waals surface area contributed by atoms with Crippen LogP contribution in [0.25, 0.3) is 0 Å². The fourth-order valence-corrected chi connectivity index (χ4v) is 2.44. The maximum atomic E-state index is 11.8. The number of rotatable bonds is 4. The van der Waals surface area contributed by atoms with Gasteiger partial charge in [-0.15, -0.1) is 0 Å². The lowest BCUT2D eigenvalue weighted by Crippen LogP contribution is -2.35. The Balaban J connectivity index is 1.75. The predicted molar refractivity (Wildman–Crippen MR) is 65.3 cm³/mol. The summed E-state index contributed by atoms with van der Waals surface area (Å²) in [5.74, 6) is 1.33. The Kier molecular flexibility index (Phi) is 4.22. The summed E-state index contributed by atoms with van der Waals surface area (Å²) < 4.78 is 0. The van der Waals surface area contributed by atoms with E-state index in [4.69, 9.17) is 0 Å². The molecule has 0 radical (unpaired) electrons. The van der Waals surface area contributed by atoms with E-state index >= 15 is 0 Å². The molecule has 0 atom stereocenters. The zero-order chi connectivity index (χ0) is 11.4. The summed E-state index contributed by atoms with van der Waals surface area (Å²) in [6, 6.07) is 0. The van der Waals surface area contributed by atoms with Crippen LogP contribution in [0.2, 0.25) is 0 Å². The van der Waals surface area contributed by atoms with Crippen LogP contribution in [0.15, 0.2) is 0 Å². The van der Waals surface area contributed by atoms with Gasteiger partial charge in [0.1, 0.15) is 0 Å². The first-order chi connectivity index (χ1) is 7.79. The average molecular weight is 224 g/mol. The van der Waals surface area contributed by atoms with Gasteiger partial charge < -0.3 is 9.80 Å². The van der Waals surface area contributed by atoms with E-state index in [1.807, 2.05) is 0 Å². The van der Waals surface area contributed by atoms with Gasteiger partial charge in [-0.2, -0.15) is 0 Å². The normalized spacial score (nSPS) is 23.2. The molecule has 0 aromatic heterocycles. The number of nitrogens with zero attached hydrogens (tertiary/aromatic N) is 2. The Hall–Kier alpha value is -0.570. The molecule has 1 saturated heterocycles. The monoisotopic (exact) mass is 224 g/mol. The first kappa shape index (κ1) is 11.9. The summed E-state index contributed by atoms with van der Waals surface area (Å²) in [6.07, 6.45) is 5.70. The van der Waals surface area contributed by atoms with Crippen LogP contribution in [0, 0.1) is 5.92 Å². The molecule has 3 heteroatoms. The lowest BCUT2D eigenvalue weighted by atomic mass is 10.3. The zero-order valence-electron chi connectivity index (χ0n) is 10.5. The topological polar surface area (TPSA) is 23.6 Å². The Labute approximate surface area is 98.8 Å². The summed E-state index contributed by atoms with van der Waals surface area (Å²) in [5, 5.41) is 0. The third-order valence-electron chi connectivity index (χ3n) is 3.62. The van der Waals surface area contributed by atoms with Crippen molar-refractivity contribution >= 4 is 5.91 Å². The standard InChI is InChI=1S/C13H24N2O/c1-2-4-13(16)15-8-3-7-14(9-10-15)11-12-5-6-12/h12H,2-11H2,1H3. The van der Waals surface area contributed by atoms with Gasteiger partial charge in [0.2, 0.25) is 5.91 Å². The molecule has 16 heavy (non-hydrogen) atoms. The molecular formula is C13H24N2O. The van der Waals surface area contributed by atoms with Crippen molar-refractivity contribution in [3.8, 4) is 0 Å². The highest BCUT2D eigenvalue weighted by Crippen LogP contribution is 2.29. The smallest absolute Gasteiger partial charge is 0.222 e. The van der Waals surface area contributed by atoms with Gasteiger partial charge >= 0.3 is 0 Å². The Morgan fingerprint density at radius 3 is 2.69 bits per heavy atom. The molecule has 1 amide bonds. The average Bonchev–Trinajstić information content (AvgIpc) is 3.06. The summed E-state index contributed by atoms with van der Waals surface area (Å²) in [6.45, 7) is 7.55. The second kappa shape index (κ2) is 5.67. The molecule has 0 bridgehead atoms. The van der Waals surface area contributed by atoms with Gasteiger partial charge in [0.15, 0.2) is 0 Å². The van der Waals surface area contributed by atoms with Gasteiger partial charge in [-0.3, -0.25) is 4.79 Å². The van der Waals surface area contributed by atoms with Crippen LogP contribution < -0.4 is 0 Å². The highest BCUT2D eigenvalue weighted by molar-refractivity contribution is 5.76. The lowest BCUT2D eigenvalue weighted by Gasteiger charge is -2.21. The molecule has 0 aromatic rings. The van der Waals surface area contributed by atoms with E-state index in [2.05, 4.69) is 16.7 Å². The largest absolute Gasteiger partial charge is 0.341 e. The molecule has 1 aliphatic carbocycles. The van der Waals surface area contributed by atoms with Crippen molar-refractivity contribution in [1.29, 1.82) is 0 Å². The summed E-state index contributed by atoms with van der Waals surface area (Å²) in [4.78, 5) is 16.4. The van der Waals surface area contributed by atoms with Crippen LogP contribution in [0.4, 0.5) is 0 Å². The van der Waals surface area contributed by atoms with Crippen molar-refractivity contribution in [1.82, 2.24) is 9.80 Å². The van der Waals surface area contributed by atoms with E-state index in [-0.39, 0.29) is 0 Å². The van der Waals surface area contributed by atoms with Crippen LogP contribution in [-0.4, -0.2) is 48.4 Å². The predicted octanol–water partition coefficient (Wildman–Crippen LogP) is 1.73. The number of hydrogen-bond donors (Lipinski definition) is 0. The number of hydrogen-bond acceptors (Lipinski definition) is 2. The van der Waals surface area contributed by atoms with Crippen molar-refractivity contribution in [2.75, 3.05) is 32.7 Å². The molecule has 2 aliphatic rings. The molecule has 1 saturated carbocycles. The van der Waals surface area contributed by atoms with Gasteiger partial charge in [0, 0.05) is 32.6 Å². The zero-order valence-corrected chi connectivity index (χ0v) is 10.5. The van der Waals surface area contributed by atoms with Gasteiger partial charge in [0.05, 0.1) is 0 Å². The third-order valence-corrected chi connectivity index (χ3v) is 3.62. The van der Waals surface area contributed by atoms with Crippen molar-refractivity contribution in [2.45, 2.75) is 39.0 Å². The number of amides is 1. The minimum atomic E-state index is 0.357. The Bertz CT molecular complexity index is 238. The van der Waals surface area contributed by atoms with E-state index in [0.29, 0.717) is 5.91 Å². The minimum absolute atomic E-state index is 0.357. The fourth-order valence-electron chi connectivity index (χ4n) is 2.44. The third kappa shape index (κ3) is 3.48. The molecular weight excluding hydrogens is 200 g/mol. The molecule has 1 heterocycles. The van der Waals surface area contributed by atoms with Gasteiger partial charge in [0.25, 0.3) is 0 Å². The van der Waals surface area contributed by atoms with Crippen LogP contribution in [0.5, 0.6) is 0 Å². The summed E-state index contributed by atoms with van der Waals surface area (Å²) in [7, 11) is 0. The molecule has 0 N–H and O–H groups in total. The van der Waals surface area contributed by atoms with Gasteiger partial charge in [-0.1, -0.05) is 6.92 Å². The van der Waals surface area contributed by atoms with Crippen LogP contribution in [0.3, 0.4) is 0 Å². The maximum absolute atomic E-state index is 11.8. The molecule has 1 aliphatic heterocycles. The first-order valence-electron chi connectivity index (χ1n) is 6.79.